The van der Waals surface area contributed by atoms with Crippen LogP contribution in [0.15, 0.2) is 18.2 Å². The normalized spacial score (nSPS) is 25.4. The molecule has 1 aromatic rings. The van der Waals surface area contributed by atoms with Crippen molar-refractivity contribution in [1.29, 1.82) is 0 Å². The van der Waals surface area contributed by atoms with Crippen LogP contribution in [0, 0.1) is 6.92 Å². The molecular weight excluding hydrogens is 182 g/mol. The van der Waals surface area contributed by atoms with Gasteiger partial charge in [0, 0.05) is 12.0 Å². The van der Waals surface area contributed by atoms with E-state index < -0.39 is 0 Å². The van der Waals surface area contributed by atoms with Crippen LogP contribution in [-0.2, 0) is 5.41 Å². The Hall–Kier alpha value is -0.820. The first-order valence-corrected chi connectivity index (χ1v) is 5.76. The van der Waals surface area contributed by atoms with Crippen molar-refractivity contribution >= 4 is 0 Å². The molecule has 0 aromatic heterocycles. The van der Waals surface area contributed by atoms with Gasteiger partial charge in [0.05, 0.1) is 0 Å². The monoisotopic (exact) mass is 203 g/mol. The molecule has 0 spiro atoms. The highest BCUT2D eigenvalue weighted by molar-refractivity contribution is 5.40. The average molecular weight is 203 g/mol. The molecule has 2 rings (SSSR count). The maximum absolute atomic E-state index is 5.93. The first kappa shape index (κ1) is 10.7. The lowest BCUT2D eigenvalue weighted by Crippen LogP contribution is -2.12. The van der Waals surface area contributed by atoms with Gasteiger partial charge in [0.25, 0.3) is 0 Å². The maximum Gasteiger partial charge on any atom is 0.0115 e. The Kier molecular flexibility index (Phi) is 2.38. The third-order valence-corrected chi connectivity index (χ3v) is 3.38. The Balaban J connectivity index is 2.38. The van der Waals surface area contributed by atoms with Crippen LogP contribution < -0.4 is 5.73 Å². The predicted octanol–water partition coefficient (Wildman–Crippen LogP) is 3.11. The lowest BCUT2D eigenvalue weighted by molar-refractivity contribution is 0.589. The molecule has 1 saturated carbocycles. The molecule has 0 aliphatic heterocycles. The van der Waals surface area contributed by atoms with Crippen LogP contribution in [0.3, 0.4) is 0 Å². The summed E-state index contributed by atoms with van der Waals surface area (Å²) in [5.41, 5.74) is 10.4. The Morgan fingerprint density at radius 1 is 1.27 bits per heavy atom. The van der Waals surface area contributed by atoms with E-state index in [4.69, 9.17) is 5.73 Å². The molecule has 0 saturated heterocycles. The molecule has 82 valence electrons. The molecule has 0 amide bonds. The van der Waals surface area contributed by atoms with Crippen molar-refractivity contribution in [3.8, 4) is 0 Å². The van der Waals surface area contributed by atoms with E-state index >= 15 is 0 Å². The smallest absolute Gasteiger partial charge is 0.0115 e. The maximum atomic E-state index is 5.93. The van der Waals surface area contributed by atoms with Crippen molar-refractivity contribution in [2.45, 2.75) is 51.5 Å². The molecule has 0 heterocycles. The predicted molar refractivity (Wildman–Crippen MR) is 65.2 cm³/mol. The summed E-state index contributed by atoms with van der Waals surface area (Å²) in [6, 6.07) is 7.24. The number of hydrogen-bond donors (Lipinski definition) is 1. The van der Waals surface area contributed by atoms with E-state index in [1.54, 1.807) is 0 Å². The van der Waals surface area contributed by atoms with Crippen LogP contribution in [-0.4, -0.2) is 6.04 Å². The first-order valence-electron chi connectivity index (χ1n) is 5.76. The second-order valence-corrected chi connectivity index (χ2v) is 5.83. The van der Waals surface area contributed by atoms with Crippen LogP contribution >= 0.6 is 0 Å². The highest BCUT2D eigenvalue weighted by Crippen LogP contribution is 2.41. The number of hydrogen-bond acceptors (Lipinski definition) is 1. The number of aryl methyl sites for hydroxylation is 1. The molecule has 2 unspecified atom stereocenters. The molecule has 1 aliphatic rings. The molecule has 2 N–H and O–H groups in total. The van der Waals surface area contributed by atoms with E-state index in [9.17, 15) is 0 Å². The molecule has 15 heavy (non-hydrogen) atoms. The molecule has 1 aliphatic carbocycles. The molecular formula is C14H21N. The van der Waals surface area contributed by atoms with E-state index in [0.29, 0.717) is 12.0 Å². The SMILES string of the molecule is Cc1ccc(C(C)(C)C)cc1C1CC1N. The zero-order valence-corrected chi connectivity index (χ0v) is 10.2. The summed E-state index contributed by atoms with van der Waals surface area (Å²) < 4.78 is 0. The molecule has 2 atom stereocenters. The minimum Gasteiger partial charge on any atom is -0.327 e. The number of rotatable bonds is 1. The molecule has 1 nitrogen and oxygen atoms in total. The van der Waals surface area contributed by atoms with Crippen LogP contribution in [0.25, 0.3) is 0 Å². The van der Waals surface area contributed by atoms with Crippen LogP contribution in [0.1, 0.15) is 49.8 Å². The Bertz CT molecular complexity index is 373. The highest BCUT2D eigenvalue weighted by atomic mass is 14.7. The fourth-order valence-corrected chi connectivity index (χ4v) is 2.08. The zero-order chi connectivity index (χ0) is 11.2. The van der Waals surface area contributed by atoms with Crippen molar-refractivity contribution in [3.05, 3.63) is 34.9 Å². The Morgan fingerprint density at radius 2 is 1.87 bits per heavy atom. The highest BCUT2D eigenvalue weighted by Gasteiger charge is 2.36. The third kappa shape index (κ3) is 2.07. The van der Waals surface area contributed by atoms with Gasteiger partial charge in [-0.05, 0) is 35.4 Å². The van der Waals surface area contributed by atoms with Crippen molar-refractivity contribution in [1.82, 2.24) is 0 Å². The van der Waals surface area contributed by atoms with Gasteiger partial charge in [-0.1, -0.05) is 39.0 Å². The van der Waals surface area contributed by atoms with Gasteiger partial charge in [-0.2, -0.15) is 0 Å². The van der Waals surface area contributed by atoms with E-state index in [1.807, 2.05) is 0 Å². The van der Waals surface area contributed by atoms with Crippen molar-refractivity contribution in [3.63, 3.8) is 0 Å². The Labute approximate surface area is 92.7 Å². The van der Waals surface area contributed by atoms with Crippen molar-refractivity contribution in [2.24, 2.45) is 5.73 Å². The average Bonchev–Trinajstić information content (AvgIpc) is 2.81. The minimum absolute atomic E-state index is 0.238. The van der Waals surface area contributed by atoms with Gasteiger partial charge in [0.2, 0.25) is 0 Å². The van der Waals surface area contributed by atoms with E-state index in [2.05, 4.69) is 45.9 Å². The summed E-state index contributed by atoms with van der Waals surface area (Å²) in [6.45, 7) is 8.96. The van der Waals surface area contributed by atoms with Gasteiger partial charge in [-0.15, -0.1) is 0 Å². The van der Waals surface area contributed by atoms with Crippen molar-refractivity contribution in [2.75, 3.05) is 0 Å². The standard InChI is InChI=1S/C14H21N/c1-9-5-6-10(14(2,3)4)7-11(9)12-8-13(12)15/h5-7,12-13H,8,15H2,1-4H3. The zero-order valence-electron chi connectivity index (χ0n) is 10.2. The summed E-state index contributed by atoms with van der Waals surface area (Å²) in [5.74, 6) is 0.618. The summed E-state index contributed by atoms with van der Waals surface area (Å²) >= 11 is 0. The number of nitrogens with two attached hydrogens (primary N) is 1. The van der Waals surface area contributed by atoms with Gasteiger partial charge in [-0.25, -0.2) is 0 Å². The summed E-state index contributed by atoms with van der Waals surface area (Å²) in [4.78, 5) is 0. The summed E-state index contributed by atoms with van der Waals surface area (Å²) in [7, 11) is 0. The van der Waals surface area contributed by atoms with Gasteiger partial charge in [-0.3, -0.25) is 0 Å². The Morgan fingerprint density at radius 3 is 2.33 bits per heavy atom. The molecule has 0 bridgehead atoms. The fraction of sp³-hybridized carbons (Fsp3) is 0.571. The largest absolute Gasteiger partial charge is 0.327 e. The minimum atomic E-state index is 0.238. The van der Waals surface area contributed by atoms with Crippen molar-refractivity contribution < 1.29 is 0 Å². The van der Waals surface area contributed by atoms with Crippen LogP contribution in [0.2, 0.25) is 0 Å². The van der Waals surface area contributed by atoms with Gasteiger partial charge >= 0.3 is 0 Å². The summed E-state index contributed by atoms with van der Waals surface area (Å²) in [6.07, 6.45) is 1.16. The second-order valence-electron chi connectivity index (χ2n) is 5.83. The van der Waals surface area contributed by atoms with Gasteiger partial charge < -0.3 is 5.73 Å². The van der Waals surface area contributed by atoms with Crippen LogP contribution in [0.5, 0.6) is 0 Å². The molecule has 1 heteroatoms. The van der Waals surface area contributed by atoms with E-state index in [0.717, 1.165) is 6.42 Å². The number of benzene rings is 1. The first-order chi connectivity index (χ1) is 6.89. The lowest BCUT2D eigenvalue weighted by atomic mass is 9.84. The molecule has 0 radical (unpaired) electrons. The van der Waals surface area contributed by atoms with E-state index in [-0.39, 0.29) is 5.41 Å². The third-order valence-electron chi connectivity index (χ3n) is 3.38. The molecule has 1 fully saturated rings. The van der Waals surface area contributed by atoms with E-state index in [1.165, 1.54) is 16.7 Å². The van der Waals surface area contributed by atoms with Gasteiger partial charge in [0.15, 0.2) is 0 Å². The quantitative estimate of drug-likeness (QED) is 0.745. The van der Waals surface area contributed by atoms with Crippen LogP contribution in [0.4, 0.5) is 0 Å². The lowest BCUT2D eigenvalue weighted by Gasteiger charge is -2.20. The second kappa shape index (κ2) is 3.34. The summed E-state index contributed by atoms with van der Waals surface area (Å²) in [5, 5.41) is 0. The van der Waals surface area contributed by atoms with Gasteiger partial charge in [0.1, 0.15) is 0 Å². The topological polar surface area (TPSA) is 26.0 Å². The fourth-order valence-electron chi connectivity index (χ4n) is 2.08. The molecule has 1 aromatic carbocycles.